The summed E-state index contributed by atoms with van der Waals surface area (Å²) in [6, 6.07) is 0. The maximum Gasteiger partial charge on any atom is 0.237 e. The Bertz CT molecular complexity index is 395. The van der Waals surface area contributed by atoms with E-state index in [1.807, 2.05) is 0 Å². The Hall–Kier alpha value is -2.11. The monoisotopic (exact) mass is 253 g/mol. The molecule has 0 saturated heterocycles. The van der Waals surface area contributed by atoms with Gasteiger partial charge in [-0.25, -0.2) is 4.99 Å². The molecule has 0 aliphatic heterocycles. The lowest BCUT2D eigenvalue weighted by molar-refractivity contribution is 0.291. The number of ether oxygens (including phenoxy) is 3. The van der Waals surface area contributed by atoms with Gasteiger partial charge >= 0.3 is 0 Å². The standard InChI is InChI=1S/C12H19N3O3/c1-9(17-5)10(13-2)7-15-11(8-16-4)12(14-3)18-6/h7-8H,2H2,1,3-6H3/b10-9-,11-8-,14-12?,15-7-. The molecule has 0 spiro atoms. The minimum absolute atomic E-state index is 0.353. The van der Waals surface area contributed by atoms with Crippen LogP contribution in [0.1, 0.15) is 6.92 Å². The number of allylic oxidation sites excluding steroid dienone is 2. The molecule has 0 aliphatic carbocycles. The van der Waals surface area contributed by atoms with E-state index in [0.717, 1.165) is 0 Å². The molecule has 0 amide bonds. The first-order chi connectivity index (χ1) is 8.64. The minimum Gasteiger partial charge on any atom is -0.502 e. The van der Waals surface area contributed by atoms with Crippen LogP contribution in [-0.2, 0) is 14.2 Å². The van der Waals surface area contributed by atoms with Crippen LogP contribution in [-0.4, -0.2) is 47.2 Å². The third-order valence-electron chi connectivity index (χ3n) is 2.01. The molecule has 18 heavy (non-hydrogen) atoms. The van der Waals surface area contributed by atoms with Gasteiger partial charge in [0.1, 0.15) is 17.7 Å². The van der Waals surface area contributed by atoms with Crippen LogP contribution in [0, 0.1) is 0 Å². The van der Waals surface area contributed by atoms with E-state index in [0.29, 0.717) is 23.1 Å². The third kappa shape index (κ3) is 4.82. The molecule has 100 valence electrons. The summed E-state index contributed by atoms with van der Waals surface area (Å²) in [6.45, 7) is 5.21. The summed E-state index contributed by atoms with van der Waals surface area (Å²) < 4.78 is 15.0. The van der Waals surface area contributed by atoms with Gasteiger partial charge in [-0.15, -0.1) is 0 Å². The van der Waals surface area contributed by atoms with E-state index >= 15 is 0 Å². The number of aliphatic imine (C=N–C) groups is 3. The van der Waals surface area contributed by atoms with E-state index in [2.05, 4.69) is 21.7 Å². The molecule has 6 heteroatoms. The summed E-state index contributed by atoms with van der Waals surface area (Å²) in [6.07, 6.45) is 2.92. The van der Waals surface area contributed by atoms with Crippen molar-refractivity contribution < 1.29 is 14.2 Å². The van der Waals surface area contributed by atoms with Crippen molar-refractivity contribution in [1.29, 1.82) is 0 Å². The van der Waals surface area contributed by atoms with Crippen LogP contribution < -0.4 is 0 Å². The van der Waals surface area contributed by atoms with Crippen molar-refractivity contribution in [2.75, 3.05) is 28.4 Å². The number of rotatable bonds is 6. The largest absolute Gasteiger partial charge is 0.502 e. The molecule has 0 aromatic rings. The van der Waals surface area contributed by atoms with Gasteiger partial charge in [0, 0.05) is 7.05 Å². The van der Waals surface area contributed by atoms with Crippen molar-refractivity contribution in [3.63, 3.8) is 0 Å². The quantitative estimate of drug-likeness (QED) is 0.412. The molecule has 0 rings (SSSR count). The molecule has 0 aromatic carbocycles. The molecule has 0 unspecified atom stereocenters. The maximum atomic E-state index is 5.06. The second-order valence-electron chi connectivity index (χ2n) is 3.03. The Balaban J connectivity index is 5.24. The van der Waals surface area contributed by atoms with Gasteiger partial charge in [-0.2, -0.15) is 0 Å². The number of nitrogens with zero attached hydrogens (tertiary/aromatic N) is 3. The van der Waals surface area contributed by atoms with Gasteiger partial charge in [-0.05, 0) is 13.6 Å². The average molecular weight is 253 g/mol. The lowest BCUT2D eigenvalue weighted by atomic mass is 10.4. The minimum atomic E-state index is 0.353. The van der Waals surface area contributed by atoms with E-state index < -0.39 is 0 Å². The van der Waals surface area contributed by atoms with Crippen molar-refractivity contribution in [2.24, 2.45) is 15.0 Å². The Morgan fingerprint density at radius 3 is 2.22 bits per heavy atom. The van der Waals surface area contributed by atoms with Gasteiger partial charge in [0.2, 0.25) is 5.90 Å². The molecular weight excluding hydrogens is 234 g/mol. The van der Waals surface area contributed by atoms with E-state index in [-0.39, 0.29) is 0 Å². The van der Waals surface area contributed by atoms with E-state index in [4.69, 9.17) is 14.2 Å². The SMILES string of the molecule is C=NC(/C=N\C(=C/OC)C(=NC)OC)=C(/C)OC. The number of hydrogen-bond acceptors (Lipinski definition) is 6. The first kappa shape index (κ1) is 15.9. The predicted molar refractivity (Wildman–Crippen MR) is 73.2 cm³/mol. The van der Waals surface area contributed by atoms with E-state index in [1.165, 1.54) is 26.7 Å². The molecule has 0 saturated carbocycles. The smallest absolute Gasteiger partial charge is 0.237 e. The van der Waals surface area contributed by atoms with Crippen LogP contribution in [0.4, 0.5) is 0 Å². The Morgan fingerprint density at radius 1 is 1.17 bits per heavy atom. The molecule has 0 N–H and O–H groups in total. The highest BCUT2D eigenvalue weighted by Gasteiger charge is 2.06. The molecular formula is C12H19N3O3. The van der Waals surface area contributed by atoms with Gasteiger partial charge < -0.3 is 14.2 Å². The van der Waals surface area contributed by atoms with Gasteiger partial charge in [-0.1, -0.05) is 0 Å². The van der Waals surface area contributed by atoms with Crippen molar-refractivity contribution in [1.82, 2.24) is 0 Å². The summed E-state index contributed by atoms with van der Waals surface area (Å²) in [5.41, 5.74) is 0.957. The summed E-state index contributed by atoms with van der Waals surface area (Å²) in [7, 11) is 6.17. The zero-order chi connectivity index (χ0) is 14.0. The normalized spacial score (nSPS) is 14.3. The molecule has 0 aliphatic rings. The number of methoxy groups -OCH3 is 3. The number of hydrogen-bond donors (Lipinski definition) is 0. The van der Waals surface area contributed by atoms with Crippen molar-refractivity contribution in [3.05, 3.63) is 23.4 Å². The predicted octanol–water partition coefficient (Wildman–Crippen LogP) is 1.80. The fraction of sp³-hybridized carbons (Fsp3) is 0.417. The zero-order valence-electron chi connectivity index (χ0n) is 11.4. The van der Waals surface area contributed by atoms with Crippen LogP contribution in [0.15, 0.2) is 38.4 Å². The highest BCUT2D eigenvalue weighted by atomic mass is 16.5. The first-order valence-corrected chi connectivity index (χ1v) is 5.14. The lowest BCUT2D eigenvalue weighted by Crippen LogP contribution is -2.05. The third-order valence-corrected chi connectivity index (χ3v) is 2.01. The van der Waals surface area contributed by atoms with Crippen LogP contribution in [0.2, 0.25) is 0 Å². The van der Waals surface area contributed by atoms with Crippen molar-refractivity contribution in [2.45, 2.75) is 6.92 Å². The van der Waals surface area contributed by atoms with Gasteiger partial charge in [0.15, 0.2) is 5.70 Å². The van der Waals surface area contributed by atoms with Gasteiger partial charge in [0.25, 0.3) is 0 Å². The Kier molecular flexibility index (Phi) is 7.92. The highest BCUT2D eigenvalue weighted by Crippen LogP contribution is 2.07. The summed E-state index contributed by atoms with van der Waals surface area (Å²) in [5, 5.41) is 0. The molecule has 0 radical (unpaired) electrons. The topological polar surface area (TPSA) is 64.8 Å². The second kappa shape index (κ2) is 8.98. The van der Waals surface area contributed by atoms with Crippen molar-refractivity contribution in [3.8, 4) is 0 Å². The van der Waals surface area contributed by atoms with Crippen LogP contribution in [0.5, 0.6) is 0 Å². The molecule has 6 nitrogen and oxygen atoms in total. The molecule has 0 heterocycles. The second-order valence-corrected chi connectivity index (χ2v) is 3.03. The van der Waals surface area contributed by atoms with Crippen LogP contribution in [0.25, 0.3) is 0 Å². The first-order valence-electron chi connectivity index (χ1n) is 5.14. The molecule has 0 fully saturated rings. The molecule has 0 bridgehead atoms. The van der Waals surface area contributed by atoms with E-state index in [1.54, 1.807) is 21.1 Å². The summed E-state index contributed by atoms with van der Waals surface area (Å²) in [4.78, 5) is 11.9. The van der Waals surface area contributed by atoms with E-state index in [9.17, 15) is 0 Å². The van der Waals surface area contributed by atoms with Gasteiger partial charge in [0.05, 0.1) is 27.5 Å². The van der Waals surface area contributed by atoms with Crippen LogP contribution in [0.3, 0.4) is 0 Å². The van der Waals surface area contributed by atoms with Crippen LogP contribution >= 0.6 is 0 Å². The zero-order valence-corrected chi connectivity index (χ0v) is 11.4. The fourth-order valence-corrected chi connectivity index (χ4v) is 1.04. The Morgan fingerprint density at radius 2 is 1.83 bits per heavy atom. The maximum absolute atomic E-state index is 5.06. The average Bonchev–Trinajstić information content (AvgIpc) is 2.40. The fourth-order valence-electron chi connectivity index (χ4n) is 1.04. The van der Waals surface area contributed by atoms with Crippen molar-refractivity contribution >= 4 is 18.8 Å². The Labute approximate surface area is 107 Å². The highest BCUT2D eigenvalue weighted by molar-refractivity contribution is 5.95. The molecule has 0 aromatic heterocycles. The van der Waals surface area contributed by atoms with Gasteiger partial charge in [-0.3, -0.25) is 9.98 Å². The summed E-state index contributed by atoms with van der Waals surface area (Å²) >= 11 is 0. The lowest BCUT2D eigenvalue weighted by Gasteiger charge is -2.05. The molecule has 0 atom stereocenters. The summed E-state index contributed by atoms with van der Waals surface area (Å²) in [5.74, 6) is 0.963.